The molecule has 2 heterocycles. The predicted molar refractivity (Wildman–Crippen MR) is 109 cm³/mol. The Morgan fingerprint density at radius 2 is 2.04 bits per heavy atom. The average molecular weight is 398 g/mol. The first-order valence-electron chi connectivity index (χ1n) is 8.51. The molecule has 9 heteroatoms. The number of anilines is 1. The molecule has 4 aromatic rings. The van der Waals surface area contributed by atoms with Crippen molar-refractivity contribution in [1.82, 2.24) is 19.4 Å². The molecular weight excluding hydrogens is 381 g/mol. The van der Waals surface area contributed by atoms with Gasteiger partial charge in [0.2, 0.25) is 0 Å². The van der Waals surface area contributed by atoms with E-state index in [1.54, 1.807) is 25.3 Å². The van der Waals surface area contributed by atoms with Gasteiger partial charge in [-0.3, -0.25) is 0 Å². The maximum absolute atomic E-state index is 14.2. The zero-order chi connectivity index (χ0) is 19.7. The van der Waals surface area contributed by atoms with Crippen molar-refractivity contribution in [2.24, 2.45) is 5.10 Å². The molecule has 3 N–H and O–H groups in total. The SMILES string of the molecule is Cc1nnc(NN=Cc2cn(Cc3c(F)cccc3Cl)c3ccccc23)n1N. The van der Waals surface area contributed by atoms with Crippen molar-refractivity contribution in [2.75, 3.05) is 11.3 Å². The van der Waals surface area contributed by atoms with Gasteiger partial charge in [-0.2, -0.15) is 5.10 Å². The van der Waals surface area contributed by atoms with Gasteiger partial charge in [-0.15, -0.1) is 10.2 Å². The number of hydrogen-bond donors (Lipinski definition) is 2. The van der Waals surface area contributed by atoms with E-state index >= 15 is 0 Å². The Morgan fingerprint density at radius 3 is 2.79 bits per heavy atom. The molecule has 0 atom stereocenters. The van der Waals surface area contributed by atoms with Gasteiger partial charge in [0.05, 0.1) is 12.8 Å². The Labute approximate surface area is 165 Å². The zero-order valence-corrected chi connectivity index (χ0v) is 15.7. The van der Waals surface area contributed by atoms with Crippen molar-refractivity contribution in [3.63, 3.8) is 0 Å². The molecule has 0 saturated heterocycles. The lowest BCUT2D eigenvalue weighted by molar-refractivity contribution is 0.602. The molecule has 0 aliphatic rings. The van der Waals surface area contributed by atoms with Crippen LogP contribution in [0.15, 0.2) is 53.8 Å². The average Bonchev–Trinajstić information content (AvgIpc) is 3.20. The number of nitrogens with zero attached hydrogens (tertiary/aromatic N) is 5. The summed E-state index contributed by atoms with van der Waals surface area (Å²) in [7, 11) is 0. The quantitative estimate of drug-likeness (QED) is 0.306. The third-order valence-electron chi connectivity index (χ3n) is 4.44. The van der Waals surface area contributed by atoms with E-state index in [9.17, 15) is 4.39 Å². The second kappa shape index (κ2) is 7.32. The number of rotatable bonds is 5. The van der Waals surface area contributed by atoms with Crippen molar-refractivity contribution in [1.29, 1.82) is 0 Å². The van der Waals surface area contributed by atoms with E-state index < -0.39 is 0 Å². The fraction of sp³-hybridized carbons (Fsp3) is 0.105. The number of nitrogens with one attached hydrogen (secondary N) is 1. The van der Waals surface area contributed by atoms with Gasteiger partial charge in [0.25, 0.3) is 5.95 Å². The van der Waals surface area contributed by atoms with E-state index in [0.29, 0.717) is 28.9 Å². The Balaban J connectivity index is 1.66. The first-order chi connectivity index (χ1) is 13.5. The van der Waals surface area contributed by atoms with Gasteiger partial charge in [0, 0.05) is 33.2 Å². The molecule has 0 aliphatic carbocycles. The van der Waals surface area contributed by atoms with Crippen LogP contribution in [0, 0.1) is 12.7 Å². The van der Waals surface area contributed by atoms with Crippen LogP contribution in [0.2, 0.25) is 5.02 Å². The van der Waals surface area contributed by atoms with Gasteiger partial charge < -0.3 is 10.4 Å². The summed E-state index contributed by atoms with van der Waals surface area (Å²) in [6.45, 7) is 2.05. The van der Waals surface area contributed by atoms with E-state index in [1.807, 2.05) is 35.0 Å². The summed E-state index contributed by atoms with van der Waals surface area (Å²) in [6.07, 6.45) is 3.56. The van der Waals surface area contributed by atoms with Crippen LogP contribution in [0.25, 0.3) is 10.9 Å². The first-order valence-corrected chi connectivity index (χ1v) is 8.89. The highest BCUT2D eigenvalue weighted by molar-refractivity contribution is 6.31. The van der Waals surface area contributed by atoms with Crippen LogP contribution in [0.1, 0.15) is 17.0 Å². The molecule has 0 spiro atoms. The smallest absolute Gasteiger partial charge is 0.263 e. The topological polar surface area (TPSA) is 86.0 Å². The number of halogens is 2. The molecule has 0 saturated carbocycles. The van der Waals surface area contributed by atoms with E-state index in [0.717, 1.165) is 16.5 Å². The van der Waals surface area contributed by atoms with Crippen molar-refractivity contribution in [3.8, 4) is 0 Å². The van der Waals surface area contributed by atoms with Crippen molar-refractivity contribution in [3.05, 3.63) is 76.5 Å². The third-order valence-corrected chi connectivity index (χ3v) is 4.80. The molecule has 0 fully saturated rings. The minimum Gasteiger partial charge on any atom is -0.342 e. The summed E-state index contributed by atoms with van der Waals surface area (Å²) >= 11 is 6.19. The summed E-state index contributed by atoms with van der Waals surface area (Å²) in [5, 5.41) is 13.3. The van der Waals surface area contributed by atoms with Gasteiger partial charge in [-0.1, -0.05) is 35.9 Å². The summed E-state index contributed by atoms with van der Waals surface area (Å²) in [5.41, 5.74) is 5.01. The molecule has 2 aromatic carbocycles. The lowest BCUT2D eigenvalue weighted by Gasteiger charge is -2.08. The molecule has 2 aromatic heterocycles. The van der Waals surface area contributed by atoms with E-state index in [4.69, 9.17) is 17.4 Å². The fourth-order valence-electron chi connectivity index (χ4n) is 2.97. The summed E-state index contributed by atoms with van der Waals surface area (Å²) in [6, 6.07) is 12.5. The Bertz CT molecular complexity index is 1160. The highest BCUT2D eigenvalue weighted by Crippen LogP contribution is 2.25. The predicted octanol–water partition coefficient (Wildman–Crippen LogP) is 3.54. The van der Waals surface area contributed by atoms with E-state index in [2.05, 4.69) is 20.7 Å². The second-order valence-electron chi connectivity index (χ2n) is 6.24. The number of aromatic nitrogens is 4. The van der Waals surface area contributed by atoms with E-state index in [-0.39, 0.29) is 5.82 Å². The largest absolute Gasteiger partial charge is 0.342 e. The number of hydrazone groups is 1. The minimum atomic E-state index is -0.334. The van der Waals surface area contributed by atoms with Crippen LogP contribution < -0.4 is 11.3 Å². The maximum Gasteiger partial charge on any atom is 0.263 e. The van der Waals surface area contributed by atoms with Gasteiger partial charge in [-0.05, 0) is 25.1 Å². The standard InChI is InChI=1S/C19H17ClFN7/c1-12-24-26-19(28(12)22)25-23-9-13-10-27(18-8-3-2-5-14(13)18)11-15-16(20)6-4-7-17(15)21/h2-10H,11,22H2,1H3,(H,25,26). The number of para-hydroxylation sites is 1. The lowest BCUT2D eigenvalue weighted by atomic mass is 10.2. The lowest BCUT2D eigenvalue weighted by Crippen LogP contribution is -2.13. The molecule has 28 heavy (non-hydrogen) atoms. The van der Waals surface area contributed by atoms with Crippen LogP contribution in [0.4, 0.5) is 10.3 Å². The number of hydrogen-bond acceptors (Lipinski definition) is 5. The number of nitrogens with two attached hydrogens (primary N) is 1. The van der Waals surface area contributed by atoms with Crippen LogP contribution in [-0.2, 0) is 6.54 Å². The summed E-state index contributed by atoms with van der Waals surface area (Å²) in [5.74, 6) is 6.36. The van der Waals surface area contributed by atoms with Crippen LogP contribution in [0.3, 0.4) is 0 Å². The van der Waals surface area contributed by atoms with Gasteiger partial charge in [0.15, 0.2) is 5.82 Å². The Kier molecular flexibility index (Phi) is 4.70. The van der Waals surface area contributed by atoms with Crippen LogP contribution in [0.5, 0.6) is 0 Å². The molecule has 7 nitrogen and oxygen atoms in total. The molecular formula is C19H17ClFN7. The molecule has 0 radical (unpaired) electrons. The maximum atomic E-state index is 14.2. The molecule has 0 aliphatic heterocycles. The highest BCUT2D eigenvalue weighted by Gasteiger charge is 2.12. The highest BCUT2D eigenvalue weighted by atomic mass is 35.5. The van der Waals surface area contributed by atoms with Gasteiger partial charge in [-0.25, -0.2) is 14.5 Å². The zero-order valence-electron chi connectivity index (χ0n) is 15.0. The number of nitrogen functional groups attached to an aromatic ring is 1. The van der Waals surface area contributed by atoms with E-state index in [1.165, 1.54) is 10.7 Å². The van der Waals surface area contributed by atoms with Gasteiger partial charge >= 0.3 is 0 Å². The molecule has 0 bridgehead atoms. The molecule has 0 unspecified atom stereocenters. The number of fused-ring (bicyclic) bond motifs is 1. The third kappa shape index (κ3) is 3.29. The van der Waals surface area contributed by atoms with Crippen molar-refractivity contribution >= 4 is 34.7 Å². The molecule has 142 valence electrons. The minimum absolute atomic E-state index is 0.309. The number of benzene rings is 2. The van der Waals surface area contributed by atoms with Crippen LogP contribution in [-0.4, -0.2) is 25.7 Å². The fourth-order valence-corrected chi connectivity index (χ4v) is 3.19. The monoisotopic (exact) mass is 397 g/mol. The van der Waals surface area contributed by atoms with Crippen molar-refractivity contribution in [2.45, 2.75) is 13.5 Å². The van der Waals surface area contributed by atoms with Crippen molar-refractivity contribution < 1.29 is 4.39 Å². The van der Waals surface area contributed by atoms with Gasteiger partial charge in [0.1, 0.15) is 5.82 Å². The Hall–Kier alpha value is -3.39. The summed E-state index contributed by atoms with van der Waals surface area (Å²) in [4.78, 5) is 0. The Morgan fingerprint density at radius 1 is 1.21 bits per heavy atom. The second-order valence-corrected chi connectivity index (χ2v) is 6.65. The normalized spacial score (nSPS) is 11.5. The first kappa shape index (κ1) is 18.0. The van der Waals surface area contributed by atoms with Crippen LogP contribution >= 0.6 is 11.6 Å². The number of aryl methyl sites for hydroxylation is 1. The molecule has 0 amide bonds. The molecule has 4 rings (SSSR count). The summed E-state index contributed by atoms with van der Waals surface area (Å²) < 4.78 is 17.5.